The van der Waals surface area contributed by atoms with Crippen molar-refractivity contribution in [2.24, 2.45) is 0 Å². The summed E-state index contributed by atoms with van der Waals surface area (Å²) in [6, 6.07) is 7.38. The monoisotopic (exact) mass is 250 g/mol. The van der Waals surface area contributed by atoms with E-state index >= 15 is 0 Å². The van der Waals surface area contributed by atoms with Crippen LogP contribution in [0.25, 0.3) is 0 Å². The van der Waals surface area contributed by atoms with Crippen LogP contribution >= 0.6 is 11.6 Å². The van der Waals surface area contributed by atoms with E-state index in [2.05, 4.69) is 15.3 Å². The van der Waals surface area contributed by atoms with Gasteiger partial charge in [-0.15, -0.1) is 0 Å². The van der Waals surface area contributed by atoms with Crippen LogP contribution in [0.4, 0.5) is 17.2 Å². The highest BCUT2D eigenvalue weighted by atomic mass is 35.5. The first-order chi connectivity index (χ1) is 8.20. The number of benzene rings is 1. The van der Waals surface area contributed by atoms with Crippen LogP contribution in [0.2, 0.25) is 5.15 Å². The Labute approximate surface area is 104 Å². The summed E-state index contributed by atoms with van der Waals surface area (Å²) in [4.78, 5) is 7.79. The Hall–Kier alpha value is -2.01. The lowest BCUT2D eigenvalue weighted by Gasteiger charge is -2.08. The molecule has 0 fully saturated rings. The number of halogens is 1. The molecule has 17 heavy (non-hydrogen) atoms. The van der Waals surface area contributed by atoms with Gasteiger partial charge < -0.3 is 15.8 Å². The molecule has 88 valence electrons. The Morgan fingerprint density at radius 1 is 1.24 bits per heavy atom. The fourth-order valence-electron chi connectivity index (χ4n) is 1.28. The smallest absolute Gasteiger partial charge is 0.158 e. The Bertz CT molecular complexity index is 515. The minimum absolute atomic E-state index is 0.232. The van der Waals surface area contributed by atoms with Gasteiger partial charge >= 0.3 is 0 Å². The summed E-state index contributed by atoms with van der Waals surface area (Å²) in [5.41, 5.74) is 6.91. The second kappa shape index (κ2) is 4.88. The van der Waals surface area contributed by atoms with Gasteiger partial charge in [0.15, 0.2) is 11.0 Å². The van der Waals surface area contributed by atoms with E-state index in [4.69, 9.17) is 22.1 Å². The van der Waals surface area contributed by atoms with Gasteiger partial charge in [-0.3, -0.25) is 0 Å². The van der Waals surface area contributed by atoms with E-state index < -0.39 is 0 Å². The number of hydrogen-bond acceptors (Lipinski definition) is 5. The number of hydrogen-bond donors (Lipinski definition) is 2. The largest absolute Gasteiger partial charge is 0.497 e. The predicted molar refractivity (Wildman–Crippen MR) is 67.7 cm³/mol. The first-order valence-electron chi connectivity index (χ1n) is 4.88. The Morgan fingerprint density at radius 2 is 1.94 bits per heavy atom. The van der Waals surface area contributed by atoms with Crippen molar-refractivity contribution < 1.29 is 4.74 Å². The summed E-state index contributed by atoms with van der Waals surface area (Å²) in [7, 11) is 1.62. The van der Waals surface area contributed by atoms with Crippen molar-refractivity contribution >= 4 is 28.8 Å². The number of nitrogen functional groups attached to an aromatic ring is 1. The van der Waals surface area contributed by atoms with Gasteiger partial charge in [-0.25, -0.2) is 9.97 Å². The quantitative estimate of drug-likeness (QED) is 0.819. The summed E-state index contributed by atoms with van der Waals surface area (Å²) in [5, 5.41) is 3.28. The molecule has 1 aromatic carbocycles. The number of nitrogens with zero attached hydrogens (tertiary/aromatic N) is 2. The molecule has 0 unspecified atom stereocenters. The summed E-state index contributed by atoms with van der Waals surface area (Å²) < 4.78 is 5.06. The third-order valence-corrected chi connectivity index (χ3v) is 2.49. The summed E-state index contributed by atoms with van der Waals surface area (Å²) in [6.07, 6.45) is 1.35. The maximum Gasteiger partial charge on any atom is 0.158 e. The first-order valence-corrected chi connectivity index (χ1v) is 5.25. The van der Waals surface area contributed by atoms with E-state index in [0.29, 0.717) is 11.5 Å². The summed E-state index contributed by atoms with van der Waals surface area (Å²) >= 11 is 5.79. The summed E-state index contributed by atoms with van der Waals surface area (Å²) in [6.45, 7) is 0. The molecule has 0 atom stereocenters. The average Bonchev–Trinajstić information content (AvgIpc) is 2.36. The van der Waals surface area contributed by atoms with Crippen molar-refractivity contribution in [1.82, 2.24) is 9.97 Å². The molecule has 0 radical (unpaired) electrons. The van der Waals surface area contributed by atoms with E-state index in [1.54, 1.807) is 7.11 Å². The molecule has 6 heteroatoms. The molecule has 2 aromatic rings. The average molecular weight is 251 g/mol. The zero-order valence-corrected chi connectivity index (χ0v) is 9.90. The van der Waals surface area contributed by atoms with Crippen LogP contribution in [0.3, 0.4) is 0 Å². The highest BCUT2D eigenvalue weighted by molar-refractivity contribution is 6.32. The number of nitrogens with two attached hydrogens (primary N) is 1. The third-order valence-electron chi connectivity index (χ3n) is 2.19. The van der Waals surface area contributed by atoms with E-state index in [9.17, 15) is 0 Å². The Morgan fingerprint density at radius 3 is 2.59 bits per heavy atom. The molecule has 0 amide bonds. The highest BCUT2D eigenvalue weighted by Crippen LogP contribution is 2.26. The molecular weight excluding hydrogens is 240 g/mol. The molecule has 0 bridgehead atoms. The topological polar surface area (TPSA) is 73.1 Å². The number of aromatic nitrogens is 2. The molecule has 0 spiro atoms. The molecule has 1 aromatic heterocycles. The molecule has 2 rings (SSSR count). The van der Waals surface area contributed by atoms with Gasteiger partial charge in [-0.1, -0.05) is 11.6 Å². The molecule has 5 nitrogen and oxygen atoms in total. The molecule has 1 heterocycles. The number of nitrogens with one attached hydrogen (secondary N) is 1. The Balaban J connectivity index is 2.22. The van der Waals surface area contributed by atoms with Gasteiger partial charge in [-0.05, 0) is 24.3 Å². The van der Waals surface area contributed by atoms with Gasteiger partial charge in [0.2, 0.25) is 0 Å². The fraction of sp³-hybridized carbons (Fsp3) is 0.0909. The van der Waals surface area contributed by atoms with Gasteiger partial charge in [-0.2, -0.15) is 0 Å². The molecule has 0 saturated heterocycles. The SMILES string of the molecule is COc1ccc(Nc2ncnc(Cl)c2N)cc1. The van der Waals surface area contributed by atoms with Crippen molar-refractivity contribution in [1.29, 1.82) is 0 Å². The van der Waals surface area contributed by atoms with E-state index in [-0.39, 0.29) is 5.15 Å². The van der Waals surface area contributed by atoms with Crippen molar-refractivity contribution in [2.75, 3.05) is 18.2 Å². The lowest BCUT2D eigenvalue weighted by atomic mass is 10.3. The number of anilines is 3. The standard InChI is InChI=1S/C11H11ClN4O/c1-17-8-4-2-7(3-5-8)16-11-9(13)10(12)14-6-15-11/h2-6H,13H2,1H3,(H,14,15,16). The molecule has 0 aliphatic heterocycles. The zero-order chi connectivity index (χ0) is 12.3. The van der Waals surface area contributed by atoms with Crippen LogP contribution in [0.15, 0.2) is 30.6 Å². The molecule has 0 aliphatic rings. The highest BCUT2D eigenvalue weighted by Gasteiger charge is 2.05. The zero-order valence-electron chi connectivity index (χ0n) is 9.14. The maximum absolute atomic E-state index is 5.79. The van der Waals surface area contributed by atoms with Crippen LogP contribution in [0.5, 0.6) is 5.75 Å². The van der Waals surface area contributed by atoms with Crippen molar-refractivity contribution in [3.8, 4) is 5.75 Å². The molecule has 3 N–H and O–H groups in total. The summed E-state index contributed by atoms with van der Waals surface area (Å²) in [5.74, 6) is 1.26. The van der Waals surface area contributed by atoms with Gasteiger partial charge in [0.05, 0.1) is 7.11 Å². The molecule has 0 aliphatic carbocycles. The van der Waals surface area contributed by atoms with E-state index in [0.717, 1.165) is 11.4 Å². The number of ether oxygens (including phenoxy) is 1. The van der Waals surface area contributed by atoms with Crippen molar-refractivity contribution in [3.05, 3.63) is 35.7 Å². The minimum Gasteiger partial charge on any atom is -0.497 e. The third kappa shape index (κ3) is 2.57. The minimum atomic E-state index is 0.232. The van der Waals surface area contributed by atoms with Gasteiger partial charge in [0.1, 0.15) is 17.8 Å². The normalized spacial score (nSPS) is 10.0. The lowest BCUT2D eigenvalue weighted by Crippen LogP contribution is -2.00. The van der Waals surface area contributed by atoms with Gasteiger partial charge in [0.25, 0.3) is 0 Å². The van der Waals surface area contributed by atoms with Crippen LogP contribution in [-0.2, 0) is 0 Å². The maximum atomic E-state index is 5.79. The predicted octanol–water partition coefficient (Wildman–Crippen LogP) is 2.46. The number of rotatable bonds is 3. The second-order valence-corrected chi connectivity index (χ2v) is 3.64. The fourth-order valence-corrected chi connectivity index (χ4v) is 1.42. The van der Waals surface area contributed by atoms with Crippen LogP contribution < -0.4 is 15.8 Å². The first kappa shape index (κ1) is 11.5. The van der Waals surface area contributed by atoms with Crippen molar-refractivity contribution in [3.63, 3.8) is 0 Å². The van der Waals surface area contributed by atoms with E-state index in [1.165, 1.54) is 6.33 Å². The molecular formula is C11H11ClN4O. The van der Waals surface area contributed by atoms with Crippen molar-refractivity contribution in [2.45, 2.75) is 0 Å². The van der Waals surface area contributed by atoms with Gasteiger partial charge in [0, 0.05) is 5.69 Å². The molecule has 0 saturated carbocycles. The second-order valence-electron chi connectivity index (χ2n) is 3.28. The van der Waals surface area contributed by atoms with Crippen LogP contribution in [0, 0.1) is 0 Å². The van der Waals surface area contributed by atoms with Crippen LogP contribution in [0.1, 0.15) is 0 Å². The Kier molecular flexibility index (Phi) is 3.30. The number of methoxy groups -OCH3 is 1. The van der Waals surface area contributed by atoms with Crippen LogP contribution in [-0.4, -0.2) is 17.1 Å². The lowest BCUT2D eigenvalue weighted by molar-refractivity contribution is 0.415. The van der Waals surface area contributed by atoms with E-state index in [1.807, 2.05) is 24.3 Å².